The Hall–Kier alpha value is -8.43. The van der Waals surface area contributed by atoms with Gasteiger partial charge < -0.3 is 72.0 Å². The third-order valence-corrected chi connectivity index (χ3v) is 16.8. The molecule has 0 aromatic carbocycles. The van der Waals surface area contributed by atoms with Gasteiger partial charge in [0.1, 0.15) is 12.3 Å². The maximum Gasteiger partial charge on any atom is 0.355 e. The van der Waals surface area contributed by atoms with Crippen molar-refractivity contribution in [3.63, 3.8) is 0 Å². The average Bonchev–Trinajstić information content (AvgIpc) is 1.59. The highest BCUT2D eigenvalue weighted by Crippen LogP contribution is 2.46. The summed E-state index contributed by atoms with van der Waals surface area (Å²) in [7, 11) is 12.0. The standard InChI is InChI=1S/C63H76Cl3N5O22/c1-83-50(72)16-11-32-37(21-55(77)88-6)44-27-43-33(12-17-51(73)84-2)39(23-57(79)90-8)49(68-43)30-62(29-48-34(13-18-52(74)85-3)38(22-56(78)89-7)45(69-48)26-42(32)67-44)41(25-59(81)92-10)36(15-20-54(76)87-5)47(71-62)28-46-40(24-58(80)91-9)35(14-19-53(75)86-4)60(70-46)61(82)93-31-63(64,65)66/h67-70H,11-31H2,1-10H3. The van der Waals surface area contributed by atoms with E-state index in [1.165, 1.54) is 64.0 Å². The molecular weight excluding hydrogens is 1290 g/mol. The number of aromatic amines is 4. The normalized spacial score (nSPS) is 14.3. The van der Waals surface area contributed by atoms with E-state index >= 15 is 0 Å². The molecule has 506 valence electrons. The molecule has 2 aliphatic rings. The van der Waals surface area contributed by atoms with Gasteiger partial charge in [-0.3, -0.25) is 52.9 Å². The van der Waals surface area contributed by atoms with Crippen LogP contribution in [0, 0.1) is 0 Å². The summed E-state index contributed by atoms with van der Waals surface area (Å²) in [4.78, 5) is 169. The van der Waals surface area contributed by atoms with Gasteiger partial charge in [0, 0.05) is 110 Å². The number of ether oxygens (including phenoxy) is 11. The van der Waals surface area contributed by atoms with Crippen LogP contribution in [0.15, 0.2) is 16.1 Å². The summed E-state index contributed by atoms with van der Waals surface area (Å²) in [6.45, 7) is -0.733. The number of fused-ring (bicyclic) bond motifs is 6. The second kappa shape index (κ2) is 33.4. The lowest BCUT2D eigenvalue weighted by molar-refractivity contribution is -0.141. The van der Waals surface area contributed by atoms with Gasteiger partial charge in [0.15, 0.2) is 0 Å². The molecule has 0 saturated heterocycles. The van der Waals surface area contributed by atoms with Crippen molar-refractivity contribution in [1.82, 2.24) is 19.9 Å². The van der Waals surface area contributed by atoms with Gasteiger partial charge in [-0.25, -0.2) is 4.79 Å². The zero-order valence-corrected chi connectivity index (χ0v) is 55.7. The molecule has 1 spiro atoms. The van der Waals surface area contributed by atoms with E-state index in [2.05, 4.69) is 19.9 Å². The summed E-state index contributed by atoms with van der Waals surface area (Å²) in [5, 5.41) is 0. The summed E-state index contributed by atoms with van der Waals surface area (Å²) < 4.78 is 55.3. The third kappa shape index (κ3) is 18.9. The van der Waals surface area contributed by atoms with Gasteiger partial charge in [-0.05, 0) is 87.8 Å². The molecule has 6 heterocycles. The fourth-order valence-electron chi connectivity index (χ4n) is 12.0. The van der Waals surface area contributed by atoms with Crippen LogP contribution >= 0.6 is 34.8 Å². The van der Waals surface area contributed by atoms with Crippen LogP contribution in [0.5, 0.6) is 0 Å². The first-order valence-corrected chi connectivity index (χ1v) is 30.5. The van der Waals surface area contributed by atoms with Crippen molar-refractivity contribution in [2.45, 2.75) is 138 Å². The number of halogens is 3. The Morgan fingerprint density at radius 2 is 0.720 bits per heavy atom. The zero-order chi connectivity index (χ0) is 68.5. The van der Waals surface area contributed by atoms with Crippen LogP contribution in [0.3, 0.4) is 0 Å². The number of carbonyl (C=O) groups excluding carboxylic acids is 11. The molecule has 0 amide bonds. The number of nitrogens with zero attached hydrogens (tertiary/aromatic N) is 1. The number of aromatic nitrogens is 4. The number of allylic oxidation sites excluding steroid dienone is 1. The smallest absolute Gasteiger partial charge is 0.355 e. The number of hydrogen-bond donors (Lipinski definition) is 4. The highest BCUT2D eigenvalue weighted by Gasteiger charge is 2.46. The van der Waals surface area contributed by atoms with Crippen molar-refractivity contribution in [3.05, 3.63) is 101 Å². The Kier molecular flexibility index (Phi) is 26.5. The highest BCUT2D eigenvalue weighted by molar-refractivity contribution is 6.67. The van der Waals surface area contributed by atoms with E-state index in [1.807, 2.05) is 0 Å². The lowest BCUT2D eigenvalue weighted by atomic mass is 9.77. The molecule has 2 aliphatic heterocycles. The van der Waals surface area contributed by atoms with E-state index in [9.17, 15) is 52.7 Å². The van der Waals surface area contributed by atoms with E-state index in [0.717, 1.165) is 7.11 Å². The summed E-state index contributed by atoms with van der Waals surface area (Å²) in [5.41, 5.74) is 4.08. The Bertz CT molecular complexity index is 3580. The molecule has 6 rings (SSSR count). The van der Waals surface area contributed by atoms with Crippen molar-refractivity contribution < 1.29 is 105 Å². The Labute approximate surface area is 550 Å². The number of H-pyrrole nitrogens is 4. The van der Waals surface area contributed by atoms with E-state index in [-0.39, 0.29) is 143 Å². The monoisotopic (exact) mass is 1360 g/mol. The van der Waals surface area contributed by atoms with Gasteiger partial charge in [0.25, 0.3) is 0 Å². The molecule has 0 aliphatic carbocycles. The minimum Gasteiger partial charge on any atom is -0.469 e. The highest BCUT2D eigenvalue weighted by atomic mass is 35.6. The summed E-state index contributed by atoms with van der Waals surface area (Å²) in [6, 6.07) is 0. The fraction of sp³-hybridized carbons (Fsp3) is 0.524. The van der Waals surface area contributed by atoms with Crippen molar-refractivity contribution in [1.29, 1.82) is 0 Å². The van der Waals surface area contributed by atoms with Gasteiger partial charge in [-0.1, -0.05) is 34.8 Å². The largest absolute Gasteiger partial charge is 0.469 e. The fourth-order valence-corrected chi connectivity index (χ4v) is 12.1. The number of alkyl halides is 3. The van der Waals surface area contributed by atoms with Gasteiger partial charge >= 0.3 is 65.7 Å². The van der Waals surface area contributed by atoms with Crippen molar-refractivity contribution >= 4 is 106 Å². The van der Waals surface area contributed by atoms with Crippen LogP contribution in [0.25, 0.3) is 0 Å². The first kappa shape index (κ1) is 73.6. The van der Waals surface area contributed by atoms with Gasteiger partial charge in [-0.15, -0.1) is 0 Å². The Morgan fingerprint density at radius 1 is 0.398 bits per heavy atom. The van der Waals surface area contributed by atoms with Crippen LogP contribution in [0.2, 0.25) is 0 Å². The molecule has 30 heteroatoms. The lowest BCUT2D eigenvalue weighted by Gasteiger charge is -2.31. The first-order valence-electron chi connectivity index (χ1n) is 29.3. The molecule has 4 aromatic rings. The predicted octanol–water partition coefficient (Wildman–Crippen LogP) is 5.34. The van der Waals surface area contributed by atoms with Gasteiger partial charge in [0.2, 0.25) is 3.79 Å². The number of aliphatic imine (C=N–C) groups is 1. The molecule has 0 radical (unpaired) electrons. The number of nitrogens with one attached hydrogen (secondary N) is 4. The zero-order valence-electron chi connectivity index (χ0n) is 53.4. The van der Waals surface area contributed by atoms with E-state index in [1.54, 1.807) is 0 Å². The maximum absolute atomic E-state index is 14.4. The second-order valence-corrected chi connectivity index (χ2v) is 24.3. The molecule has 4 aromatic heterocycles. The van der Waals surface area contributed by atoms with Crippen molar-refractivity contribution in [2.75, 3.05) is 77.7 Å². The molecule has 0 fully saturated rings. The lowest BCUT2D eigenvalue weighted by Crippen LogP contribution is -2.36. The maximum atomic E-state index is 14.4. The minimum absolute atomic E-state index is 0.0297. The minimum atomic E-state index is -2.08. The summed E-state index contributed by atoms with van der Waals surface area (Å²) in [6.07, 6.45) is -4.80. The quantitative estimate of drug-likeness (QED) is 0.0303. The predicted molar refractivity (Wildman–Crippen MR) is 330 cm³/mol. The third-order valence-electron chi connectivity index (χ3n) is 16.5. The van der Waals surface area contributed by atoms with Crippen LogP contribution in [0.1, 0.15) is 140 Å². The van der Waals surface area contributed by atoms with Gasteiger partial charge in [0.05, 0.1) is 109 Å². The topological polar surface area (TPSA) is 365 Å². The Balaban J connectivity index is 1.86. The van der Waals surface area contributed by atoms with Crippen molar-refractivity contribution in [2.24, 2.45) is 4.99 Å². The summed E-state index contributed by atoms with van der Waals surface area (Å²) in [5.74, 6) is -7.82. The SMILES string of the molecule is COC(=O)CCC1=C(CC(=O)OC)C2(Cc3[nH]c(c(CC(=O)OC)c3CCC(=O)OC)Cc3[nH]c(c(CC(=O)OC)c3CCC(=O)OC)Cc3[nH]c(c(CC(=O)OC)c3CCC(=O)OC)C2)N=C1Cc1[nH]c(C(=O)OCC(Cl)(Cl)Cl)c(CCC(=O)OC)c1CC(=O)OC. The molecule has 6 bridgehead atoms. The Morgan fingerprint density at radius 3 is 1.12 bits per heavy atom. The molecule has 0 saturated carbocycles. The number of rotatable bonds is 29. The first-order chi connectivity index (χ1) is 44.2. The molecule has 27 nitrogen and oxygen atoms in total. The van der Waals surface area contributed by atoms with Crippen molar-refractivity contribution in [3.8, 4) is 0 Å². The molecule has 1 unspecified atom stereocenters. The van der Waals surface area contributed by atoms with Crippen LogP contribution in [0.4, 0.5) is 0 Å². The number of methoxy groups -OCH3 is 10. The second-order valence-electron chi connectivity index (χ2n) is 21.8. The van der Waals surface area contributed by atoms with E-state index in [0.29, 0.717) is 73.1 Å². The molecular formula is C63H76Cl3N5O22. The van der Waals surface area contributed by atoms with Gasteiger partial charge in [-0.2, -0.15) is 0 Å². The number of carbonyl (C=O) groups is 11. The molecule has 93 heavy (non-hydrogen) atoms. The number of esters is 11. The molecule has 1 atom stereocenters. The van der Waals surface area contributed by atoms with Crippen LogP contribution in [-0.4, -0.2) is 178 Å². The van der Waals surface area contributed by atoms with E-state index in [4.69, 9.17) is 91.9 Å². The van der Waals surface area contributed by atoms with E-state index < -0.39 is 101 Å². The molecule has 4 N–H and O–H groups in total. The summed E-state index contributed by atoms with van der Waals surface area (Å²) >= 11 is 18.1. The average molecular weight is 1360 g/mol. The van der Waals surface area contributed by atoms with Crippen LogP contribution in [-0.2, 0) is 184 Å². The van der Waals surface area contributed by atoms with Crippen LogP contribution < -0.4 is 0 Å². The number of hydrogen-bond acceptors (Lipinski definition) is 23.